The van der Waals surface area contributed by atoms with Crippen LogP contribution < -0.4 is 5.32 Å². The van der Waals surface area contributed by atoms with Crippen LogP contribution in [0.2, 0.25) is 0 Å². The van der Waals surface area contributed by atoms with Gasteiger partial charge in [-0.25, -0.2) is 0 Å². The maximum atomic E-state index is 9.76. The van der Waals surface area contributed by atoms with Gasteiger partial charge in [0.1, 0.15) is 0 Å². The molecule has 1 rings (SSSR count). The first-order valence-corrected chi connectivity index (χ1v) is 6.53. The van der Waals surface area contributed by atoms with Crippen molar-refractivity contribution >= 4 is 21.6 Å². The van der Waals surface area contributed by atoms with Crippen LogP contribution in [0.25, 0.3) is 0 Å². The highest BCUT2D eigenvalue weighted by Gasteiger charge is 2.06. The Hall–Kier alpha value is -0.580. The molecule has 1 aromatic carbocycles. The van der Waals surface area contributed by atoms with Gasteiger partial charge in [-0.3, -0.25) is 0 Å². The molecule has 1 unspecified atom stereocenters. The molecule has 0 saturated carbocycles. The fraction of sp³-hybridized carbons (Fsp3) is 0.538. The molecule has 96 valence electrons. The van der Waals surface area contributed by atoms with Gasteiger partial charge in [-0.05, 0) is 51.2 Å². The molecule has 1 atom stereocenters. The van der Waals surface area contributed by atoms with Gasteiger partial charge in [-0.15, -0.1) is 0 Å². The van der Waals surface area contributed by atoms with Crippen LogP contribution in [-0.4, -0.2) is 43.3 Å². The van der Waals surface area contributed by atoms with E-state index < -0.39 is 0 Å². The van der Waals surface area contributed by atoms with E-state index >= 15 is 0 Å². The highest BCUT2D eigenvalue weighted by molar-refractivity contribution is 9.10. The second kappa shape index (κ2) is 6.38. The summed E-state index contributed by atoms with van der Waals surface area (Å²) in [6, 6.07) is 4.17. The highest BCUT2D eigenvalue weighted by Crippen LogP contribution is 2.24. The highest BCUT2D eigenvalue weighted by atomic mass is 79.9. The van der Waals surface area contributed by atoms with Crippen molar-refractivity contribution in [3.05, 3.63) is 27.7 Å². The molecule has 0 radical (unpaired) electrons. The van der Waals surface area contributed by atoms with E-state index in [1.807, 2.05) is 19.0 Å². The number of aryl methyl sites for hydroxylation is 2. The van der Waals surface area contributed by atoms with Gasteiger partial charge < -0.3 is 15.3 Å². The van der Waals surface area contributed by atoms with Gasteiger partial charge >= 0.3 is 0 Å². The van der Waals surface area contributed by atoms with Gasteiger partial charge in [0.15, 0.2) is 0 Å². The Balaban J connectivity index is 2.58. The van der Waals surface area contributed by atoms with Gasteiger partial charge in [0.2, 0.25) is 0 Å². The average molecular weight is 301 g/mol. The Kier molecular flexibility index (Phi) is 5.43. The number of aliphatic hydroxyl groups excluding tert-OH is 1. The number of anilines is 1. The van der Waals surface area contributed by atoms with E-state index in [0.717, 1.165) is 10.2 Å². The molecule has 0 bridgehead atoms. The van der Waals surface area contributed by atoms with E-state index in [2.05, 4.69) is 47.2 Å². The minimum Gasteiger partial charge on any atom is -0.390 e. The lowest BCUT2D eigenvalue weighted by atomic mass is 10.1. The smallest absolute Gasteiger partial charge is 0.0838 e. The van der Waals surface area contributed by atoms with Crippen molar-refractivity contribution in [2.75, 3.05) is 32.5 Å². The Morgan fingerprint density at radius 1 is 1.29 bits per heavy atom. The first-order chi connectivity index (χ1) is 7.90. The van der Waals surface area contributed by atoms with Gasteiger partial charge in [-0.2, -0.15) is 0 Å². The van der Waals surface area contributed by atoms with Crippen molar-refractivity contribution < 1.29 is 5.11 Å². The van der Waals surface area contributed by atoms with Crippen LogP contribution in [0, 0.1) is 13.8 Å². The Labute approximate surface area is 112 Å². The van der Waals surface area contributed by atoms with Crippen LogP contribution in [0.3, 0.4) is 0 Å². The van der Waals surface area contributed by atoms with Crippen LogP contribution in [0.4, 0.5) is 5.69 Å². The summed E-state index contributed by atoms with van der Waals surface area (Å²) in [7, 11) is 3.91. The molecule has 0 aromatic heterocycles. The Bertz CT molecular complexity index is 357. The zero-order valence-corrected chi connectivity index (χ0v) is 12.5. The van der Waals surface area contributed by atoms with Crippen molar-refractivity contribution in [3.8, 4) is 0 Å². The predicted molar refractivity (Wildman–Crippen MR) is 76.7 cm³/mol. The van der Waals surface area contributed by atoms with E-state index in [1.165, 1.54) is 11.1 Å². The van der Waals surface area contributed by atoms with Crippen LogP contribution in [0.15, 0.2) is 16.6 Å². The summed E-state index contributed by atoms with van der Waals surface area (Å²) in [5.74, 6) is 0. The monoisotopic (exact) mass is 300 g/mol. The lowest BCUT2D eigenvalue weighted by Gasteiger charge is -2.17. The normalized spacial score (nSPS) is 12.9. The molecule has 0 aliphatic carbocycles. The molecule has 0 saturated heterocycles. The standard InChI is InChI=1S/C13H21BrN2O/c1-9-5-11(6-10(2)13(9)14)15-7-12(17)8-16(3)4/h5-6,12,15,17H,7-8H2,1-4H3. The second-order valence-electron chi connectivity index (χ2n) is 4.72. The fourth-order valence-corrected chi connectivity index (χ4v) is 2.00. The molecule has 0 amide bonds. The zero-order chi connectivity index (χ0) is 13.0. The van der Waals surface area contributed by atoms with Crippen molar-refractivity contribution in [3.63, 3.8) is 0 Å². The largest absolute Gasteiger partial charge is 0.390 e. The number of hydrogen-bond acceptors (Lipinski definition) is 3. The Morgan fingerprint density at radius 2 is 1.82 bits per heavy atom. The minimum absolute atomic E-state index is 0.353. The van der Waals surface area contributed by atoms with Crippen LogP contribution in [0.1, 0.15) is 11.1 Å². The van der Waals surface area contributed by atoms with Crippen LogP contribution >= 0.6 is 15.9 Å². The third kappa shape index (κ3) is 4.66. The van der Waals surface area contributed by atoms with Crippen molar-refractivity contribution in [1.82, 2.24) is 4.90 Å². The maximum absolute atomic E-state index is 9.76. The van der Waals surface area contributed by atoms with Crippen molar-refractivity contribution in [2.24, 2.45) is 0 Å². The third-order valence-electron chi connectivity index (χ3n) is 2.55. The van der Waals surface area contributed by atoms with Crippen LogP contribution in [0.5, 0.6) is 0 Å². The summed E-state index contributed by atoms with van der Waals surface area (Å²) in [5, 5.41) is 13.0. The molecule has 0 aliphatic heterocycles. The molecule has 17 heavy (non-hydrogen) atoms. The molecule has 3 nitrogen and oxygen atoms in total. The Morgan fingerprint density at radius 3 is 2.29 bits per heavy atom. The van der Waals surface area contributed by atoms with Gasteiger partial charge in [-0.1, -0.05) is 15.9 Å². The quantitative estimate of drug-likeness (QED) is 0.876. The summed E-state index contributed by atoms with van der Waals surface area (Å²) < 4.78 is 1.15. The summed E-state index contributed by atoms with van der Waals surface area (Å²) in [6.07, 6.45) is -0.353. The third-order valence-corrected chi connectivity index (χ3v) is 3.80. The minimum atomic E-state index is -0.353. The predicted octanol–water partition coefficient (Wildman–Crippen LogP) is 2.40. The lowest BCUT2D eigenvalue weighted by molar-refractivity contribution is 0.148. The molecule has 0 fully saturated rings. The molecule has 4 heteroatoms. The van der Waals surface area contributed by atoms with Crippen molar-refractivity contribution in [2.45, 2.75) is 20.0 Å². The number of nitrogens with zero attached hydrogens (tertiary/aromatic N) is 1. The zero-order valence-electron chi connectivity index (χ0n) is 10.9. The topological polar surface area (TPSA) is 35.5 Å². The first-order valence-electron chi connectivity index (χ1n) is 5.73. The van der Waals surface area contributed by atoms with E-state index in [4.69, 9.17) is 0 Å². The van der Waals surface area contributed by atoms with E-state index in [-0.39, 0.29) is 6.10 Å². The van der Waals surface area contributed by atoms with E-state index in [1.54, 1.807) is 0 Å². The molecular weight excluding hydrogens is 280 g/mol. The van der Waals surface area contributed by atoms with Crippen molar-refractivity contribution in [1.29, 1.82) is 0 Å². The van der Waals surface area contributed by atoms with E-state index in [9.17, 15) is 5.11 Å². The number of rotatable bonds is 5. The molecular formula is C13H21BrN2O. The number of aliphatic hydroxyl groups is 1. The average Bonchev–Trinajstić information content (AvgIpc) is 2.22. The first kappa shape index (κ1) is 14.5. The maximum Gasteiger partial charge on any atom is 0.0838 e. The molecule has 0 spiro atoms. The molecule has 0 heterocycles. The molecule has 0 aliphatic rings. The number of hydrogen-bond donors (Lipinski definition) is 2. The summed E-state index contributed by atoms with van der Waals surface area (Å²) >= 11 is 3.54. The summed E-state index contributed by atoms with van der Waals surface area (Å²) in [6.45, 7) is 5.37. The van der Waals surface area contributed by atoms with Crippen LogP contribution in [-0.2, 0) is 0 Å². The number of benzene rings is 1. The second-order valence-corrected chi connectivity index (χ2v) is 5.51. The summed E-state index contributed by atoms with van der Waals surface area (Å²) in [4.78, 5) is 1.98. The summed E-state index contributed by atoms with van der Waals surface area (Å²) in [5.41, 5.74) is 3.46. The number of nitrogens with one attached hydrogen (secondary N) is 1. The fourth-order valence-electron chi connectivity index (χ4n) is 1.77. The molecule has 2 N–H and O–H groups in total. The SMILES string of the molecule is Cc1cc(NCC(O)CN(C)C)cc(C)c1Br. The molecule has 1 aromatic rings. The number of halogens is 1. The van der Waals surface area contributed by atoms with E-state index in [0.29, 0.717) is 13.1 Å². The number of likely N-dealkylation sites (N-methyl/N-ethyl adjacent to an activating group) is 1. The van der Waals surface area contributed by atoms with Gasteiger partial charge in [0.05, 0.1) is 6.10 Å². The van der Waals surface area contributed by atoms with Gasteiger partial charge in [0.25, 0.3) is 0 Å². The van der Waals surface area contributed by atoms with Gasteiger partial charge in [0, 0.05) is 23.2 Å². The lowest BCUT2D eigenvalue weighted by Crippen LogP contribution is -2.31.